The van der Waals surface area contributed by atoms with Crippen LogP contribution in [0.4, 0.5) is 0 Å². The predicted molar refractivity (Wildman–Crippen MR) is 56.2 cm³/mol. The van der Waals surface area contributed by atoms with Gasteiger partial charge in [-0.2, -0.15) is 5.10 Å². The molecule has 4 heteroatoms. The average Bonchev–Trinajstić information content (AvgIpc) is 2.84. The van der Waals surface area contributed by atoms with Crippen molar-refractivity contribution >= 4 is 0 Å². The van der Waals surface area contributed by atoms with Crippen molar-refractivity contribution in [1.29, 1.82) is 0 Å². The molecule has 1 unspecified atom stereocenters. The Hall–Kier alpha value is -1.55. The Balaban J connectivity index is 2.27. The van der Waals surface area contributed by atoms with Crippen molar-refractivity contribution in [3.63, 3.8) is 0 Å². The number of furan rings is 1. The highest BCUT2D eigenvalue weighted by molar-refractivity contribution is 5.51. The fourth-order valence-electron chi connectivity index (χ4n) is 1.42. The first kappa shape index (κ1) is 9.98. The lowest BCUT2D eigenvalue weighted by molar-refractivity contribution is 0.146. The Bertz CT molecular complexity index is 445. The van der Waals surface area contributed by atoms with Crippen LogP contribution in [0.2, 0.25) is 0 Å². The molecule has 0 bridgehead atoms. The standard InChI is InChI=1S/C11H14N2O2/c1-3-9(14)11-5-4-10(15-11)8-6-7-13(2)12-8/h4-7,9,14H,3H2,1-2H3. The first-order valence-corrected chi connectivity index (χ1v) is 4.98. The highest BCUT2D eigenvalue weighted by atomic mass is 16.4. The minimum atomic E-state index is -0.525. The van der Waals surface area contributed by atoms with Crippen molar-refractivity contribution in [3.05, 3.63) is 30.2 Å². The number of nitrogens with zero attached hydrogens (tertiary/aromatic N) is 2. The van der Waals surface area contributed by atoms with E-state index in [-0.39, 0.29) is 0 Å². The van der Waals surface area contributed by atoms with E-state index in [9.17, 15) is 5.11 Å². The van der Waals surface area contributed by atoms with Crippen LogP contribution in [-0.4, -0.2) is 14.9 Å². The van der Waals surface area contributed by atoms with E-state index in [1.807, 2.05) is 32.3 Å². The van der Waals surface area contributed by atoms with Crippen LogP contribution >= 0.6 is 0 Å². The number of rotatable bonds is 3. The van der Waals surface area contributed by atoms with Gasteiger partial charge in [0.2, 0.25) is 0 Å². The third kappa shape index (κ3) is 1.94. The molecule has 0 amide bonds. The van der Waals surface area contributed by atoms with E-state index in [1.165, 1.54) is 0 Å². The van der Waals surface area contributed by atoms with Crippen LogP contribution in [0.5, 0.6) is 0 Å². The Morgan fingerprint density at radius 2 is 2.27 bits per heavy atom. The van der Waals surface area contributed by atoms with Gasteiger partial charge >= 0.3 is 0 Å². The number of hydrogen-bond donors (Lipinski definition) is 1. The zero-order chi connectivity index (χ0) is 10.8. The molecule has 4 nitrogen and oxygen atoms in total. The van der Waals surface area contributed by atoms with Crippen LogP contribution in [-0.2, 0) is 7.05 Å². The second kappa shape index (κ2) is 3.90. The lowest BCUT2D eigenvalue weighted by Crippen LogP contribution is -1.91. The van der Waals surface area contributed by atoms with Gasteiger partial charge < -0.3 is 9.52 Å². The summed E-state index contributed by atoms with van der Waals surface area (Å²) in [6.07, 6.45) is 1.98. The van der Waals surface area contributed by atoms with Crippen LogP contribution < -0.4 is 0 Å². The van der Waals surface area contributed by atoms with Crippen LogP contribution in [0.1, 0.15) is 25.2 Å². The maximum atomic E-state index is 9.58. The Kier molecular flexibility index (Phi) is 2.60. The summed E-state index contributed by atoms with van der Waals surface area (Å²) < 4.78 is 7.23. The highest BCUT2D eigenvalue weighted by Crippen LogP contribution is 2.25. The molecule has 0 saturated carbocycles. The van der Waals surface area contributed by atoms with Crippen LogP contribution in [0.3, 0.4) is 0 Å². The molecule has 1 atom stereocenters. The van der Waals surface area contributed by atoms with Crippen LogP contribution in [0.25, 0.3) is 11.5 Å². The summed E-state index contributed by atoms with van der Waals surface area (Å²) in [4.78, 5) is 0. The Morgan fingerprint density at radius 1 is 1.47 bits per heavy atom. The van der Waals surface area contributed by atoms with Gasteiger partial charge in [0.15, 0.2) is 5.76 Å². The van der Waals surface area contributed by atoms with E-state index in [2.05, 4.69) is 5.10 Å². The highest BCUT2D eigenvalue weighted by Gasteiger charge is 2.12. The van der Waals surface area contributed by atoms with E-state index in [0.29, 0.717) is 17.9 Å². The molecule has 1 N–H and O–H groups in total. The van der Waals surface area contributed by atoms with Gasteiger partial charge in [0.05, 0.1) is 0 Å². The SMILES string of the molecule is CCC(O)c1ccc(-c2ccn(C)n2)o1. The molecule has 0 aliphatic heterocycles. The summed E-state index contributed by atoms with van der Waals surface area (Å²) in [5.74, 6) is 1.29. The maximum absolute atomic E-state index is 9.58. The molecule has 0 saturated heterocycles. The van der Waals surface area contributed by atoms with E-state index >= 15 is 0 Å². The summed E-state index contributed by atoms with van der Waals surface area (Å²) in [5.41, 5.74) is 0.784. The smallest absolute Gasteiger partial charge is 0.154 e. The molecule has 0 aliphatic carbocycles. The largest absolute Gasteiger partial charge is 0.457 e. The van der Waals surface area contributed by atoms with E-state index < -0.39 is 6.10 Å². The zero-order valence-electron chi connectivity index (χ0n) is 8.84. The van der Waals surface area contributed by atoms with Crippen LogP contribution in [0.15, 0.2) is 28.8 Å². The van der Waals surface area contributed by atoms with Gasteiger partial charge in [-0.25, -0.2) is 0 Å². The lowest BCUT2D eigenvalue weighted by Gasteiger charge is -2.01. The minimum Gasteiger partial charge on any atom is -0.457 e. The Labute approximate surface area is 88.1 Å². The van der Waals surface area contributed by atoms with Gasteiger partial charge in [-0.15, -0.1) is 0 Å². The predicted octanol–water partition coefficient (Wildman–Crippen LogP) is 2.12. The molecule has 0 aromatic carbocycles. The average molecular weight is 206 g/mol. The molecule has 15 heavy (non-hydrogen) atoms. The van der Waals surface area contributed by atoms with Gasteiger partial charge in [0.1, 0.15) is 17.6 Å². The second-order valence-electron chi connectivity index (χ2n) is 3.50. The van der Waals surface area contributed by atoms with E-state index in [4.69, 9.17) is 4.42 Å². The summed E-state index contributed by atoms with van der Waals surface area (Å²) in [7, 11) is 1.86. The number of aliphatic hydroxyl groups excluding tert-OH is 1. The molecule has 0 radical (unpaired) electrons. The number of hydrogen-bond acceptors (Lipinski definition) is 3. The van der Waals surface area contributed by atoms with Crippen LogP contribution in [0, 0.1) is 0 Å². The van der Waals surface area contributed by atoms with Crippen molar-refractivity contribution < 1.29 is 9.52 Å². The molecule has 0 fully saturated rings. The van der Waals surface area contributed by atoms with E-state index in [1.54, 1.807) is 10.7 Å². The molecule has 2 rings (SSSR count). The molecule has 0 spiro atoms. The fourth-order valence-corrected chi connectivity index (χ4v) is 1.42. The van der Waals surface area contributed by atoms with Crippen molar-refractivity contribution in [2.45, 2.75) is 19.4 Å². The first-order chi connectivity index (χ1) is 7.20. The molecule has 0 aliphatic rings. The van der Waals surface area contributed by atoms with Gasteiger partial charge in [0, 0.05) is 13.2 Å². The van der Waals surface area contributed by atoms with Crippen molar-refractivity contribution in [2.75, 3.05) is 0 Å². The summed E-state index contributed by atoms with van der Waals surface area (Å²) >= 11 is 0. The third-order valence-electron chi connectivity index (χ3n) is 2.31. The lowest BCUT2D eigenvalue weighted by atomic mass is 10.2. The number of aromatic nitrogens is 2. The number of aliphatic hydroxyl groups is 1. The van der Waals surface area contributed by atoms with E-state index in [0.717, 1.165) is 5.69 Å². The van der Waals surface area contributed by atoms with Crippen molar-refractivity contribution in [2.24, 2.45) is 7.05 Å². The molecular weight excluding hydrogens is 192 g/mol. The minimum absolute atomic E-state index is 0.525. The van der Waals surface area contributed by atoms with Gasteiger partial charge in [-0.1, -0.05) is 6.92 Å². The normalized spacial score (nSPS) is 13.0. The quantitative estimate of drug-likeness (QED) is 0.836. The summed E-state index contributed by atoms with van der Waals surface area (Å²) in [6.45, 7) is 1.91. The maximum Gasteiger partial charge on any atom is 0.154 e. The molecule has 2 aromatic heterocycles. The first-order valence-electron chi connectivity index (χ1n) is 4.98. The molecule has 80 valence electrons. The summed E-state index contributed by atoms with van der Waals surface area (Å²) in [5, 5.41) is 13.8. The monoisotopic (exact) mass is 206 g/mol. The fraction of sp³-hybridized carbons (Fsp3) is 0.364. The molecular formula is C11H14N2O2. The van der Waals surface area contributed by atoms with Gasteiger partial charge in [-0.3, -0.25) is 4.68 Å². The zero-order valence-corrected chi connectivity index (χ0v) is 8.84. The Morgan fingerprint density at radius 3 is 2.87 bits per heavy atom. The van der Waals surface area contributed by atoms with Gasteiger partial charge in [-0.05, 0) is 24.6 Å². The van der Waals surface area contributed by atoms with Crippen molar-refractivity contribution in [3.8, 4) is 11.5 Å². The second-order valence-corrected chi connectivity index (χ2v) is 3.50. The van der Waals surface area contributed by atoms with Gasteiger partial charge in [0.25, 0.3) is 0 Å². The summed E-state index contributed by atoms with van der Waals surface area (Å²) in [6, 6.07) is 5.50. The molecule has 2 heterocycles. The third-order valence-corrected chi connectivity index (χ3v) is 2.31. The number of aryl methyl sites for hydroxylation is 1. The van der Waals surface area contributed by atoms with Crippen molar-refractivity contribution in [1.82, 2.24) is 9.78 Å². The molecule has 2 aromatic rings. The topological polar surface area (TPSA) is 51.2 Å².